The predicted molar refractivity (Wildman–Crippen MR) is 88.2 cm³/mol. The van der Waals surface area contributed by atoms with Crippen LogP contribution in [0.15, 0.2) is 24.3 Å². The van der Waals surface area contributed by atoms with Gasteiger partial charge in [-0.3, -0.25) is 9.59 Å². The van der Waals surface area contributed by atoms with Crippen molar-refractivity contribution in [3.05, 3.63) is 34.9 Å². The summed E-state index contributed by atoms with van der Waals surface area (Å²) in [4.78, 5) is 36.3. The van der Waals surface area contributed by atoms with Crippen LogP contribution in [0.4, 0.5) is 0 Å². The summed E-state index contributed by atoms with van der Waals surface area (Å²) in [5.41, 5.74) is 0.983. The van der Waals surface area contributed by atoms with Gasteiger partial charge in [0.05, 0.1) is 6.04 Å². The summed E-state index contributed by atoms with van der Waals surface area (Å²) in [7, 11) is 0. The molecule has 2 amide bonds. The van der Waals surface area contributed by atoms with E-state index in [1.807, 2.05) is 24.3 Å². The Morgan fingerprint density at radius 3 is 2.83 bits per heavy atom. The molecular formula is C17H21ClN2O3. The van der Waals surface area contributed by atoms with Crippen molar-refractivity contribution in [3.8, 4) is 0 Å². The first-order valence-electron chi connectivity index (χ1n) is 7.86. The number of halogens is 1. The van der Waals surface area contributed by atoms with Crippen LogP contribution < -0.4 is 5.32 Å². The van der Waals surface area contributed by atoms with Crippen LogP contribution >= 0.6 is 11.6 Å². The molecule has 1 aromatic rings. The van der Waals surface area contributed by atoms with Crippen molar-refractivity contribution < 1.29 is 14.4 Å². The maximum Gasteiger partial charge on any atom is 0.223 e. The summed E-state index contributed by atoms with van der Waals surface area (Å²) < 4.78 is 0. The summed E-state index contributed by atoms with van der Waals surface area (Å²) in [5.74, 6) is -0.284. The van der Waals surface area contributed by atoms with E-state index in [4.69, 9.17) is 11.6 Å². The molecule has 1 atom stereocenters. The largest absolute Gasteiger partial charge is 0.356 e. The van der Waals surface area contributed by atoms with Crippen LogP contribution in [0, 0.1) is 0 Å². The zero-order valence-electron chi connectivity index (χ0n) is 13.0. The van der Waals surface area contributed by atoms with Gasteiger partial charge in [0.1, 0.15) is 6.29 Å². The molecule has 5 nitrogen and oxygen atoms in total. The first-order chi connectivity index (χ1) is 11.1. The van der Waals surface area contributed by atoms with Gasteiger partial charge in [-0.2, -0.15) is 0 Å². The van der Waals surface area contributed by atoms with E-state index in [1.54, 1.807) is 4.90 Å². The molecule has 23 heavy (non-hydrogen) atoms. The number of rotatable bonds is 7. The lowest BCUT2D eigenvalue weighted by atomic mass is 10.1. The predicted octanol–water partition coefficient (Wildman–Crippen LogP) is 1.97. The Labute approximate surface area is 141 Å². The van der Waals surface area contributed by atoms with Crippen LogP contribution in [-0.2, 0) is 20.8 Å². The van der Waals surface area contributed by atoms with E-state index in [-0.39, 0.29) is 30.7 Å². The number of amides is 2. The molecule has 124 valence electrons. The highest BCUT2D eigenvalue weighted by Gasteiger charge is 2.27. The number of aldehydes is 1. The molecule has 1 N–H and O–H groups in total. The number of benzene rings is 1. The maximum atomic E-state index is 12.0. The number of hydrogen-bond acceptors (Lipinski definition) is 3. The molecule has 0 saturated carbocycles. The third kappa shape index (κ3) is 5.06. The van der Waals surface area contributed by atoms with Crippen LogP contribution in [0.1, 0.15) is 31.2 Å². The zero-order chi connectivity index (χ0) is 16.7. The van der Waals surface area contributed by atoms with Crippen molar-refractivity contribution >= 4 is 29.7 Å². The van der Waals surface area contributed by atoms with Gasteiger partial charge in [0.25, 0.3) is 0 Å². The van der Waals surface area contributed by atoms with E-state index < -0.39 is 0 Å². The molecule has 0 radical (unpaired) electrons. The molecular weight excluding hydrogens is 316 g/mol. The van der Waals surface area contributed by atoms with Gasteiger partial charge in [-0.05, 0) is 30.9 Å². The summed E-state index contributed by atoms with van der Waals surface area (Å²) >= 11 is 6.05. The Morgan fingerprint density at radius 1 is 1.30 bits per heavy atom. The van der Waals surface area contributed by atoms with Gasteiger partial charge in [-0.1, -0.05) is 29.8 Å². The fourth-order valence-corrected chi connectivity index (χ4v) is 2.96. The highest BCUT2D eigenvalue weighted by molar-refractivity contribution is 6.31. The van der Waals surface area contributed by atoms with Crippen LogP contribution in [-0.4, -0.2) is 42.1 Å². The highest BCUT2D eigenvalue weighted by Crippen LogP contribution is 2.17. The summed E-state index contributed by atoms with van der Waals surface area (Å²) in [6.07, 6.45) is 3.32. The number of carbonyl (C=O) groups excluding carboxylic acids is 3. The monoisotopic (exact) mass is 336 g/mol. The third-order valence-electron chi connectivity index (χ3n) is 4.02. The van der Waals surface area contributed by atoms with Crippen molar-refractivity contribution in [1.82, 2.24) is 10.2 Å². The molecule has 1 aliphatic heterocycles. The van der Waals surface area contributed by atoms with Crippen molar-refractivity contribution in [2.75, 3.05) is 13.1 Å². The molecule has 0 aliphatic carbocycles. The maximum absolute atomic E-state index is 12.0. The summed E-state index contributed by atoms with van der Waals surface area (Å²) in [5, 5.41) is 3.48. The molecule has 1 aromatic carbocycles. The first-order valence-corrected chi connectivity index (χ1v) is 8.24. The van der Waals surface area contributed by atoms with Crippen molar-refractivity contribution in [2.24, 2.45) is 0 Å². The summed E-state index contributed by atoms with van der Waals surface area (Å²) in [6, 6.07) is 7.19. The molecule has 6 heteroatoms. The molecule has 0 bridgehead atoms. The Hall–Kier alpha value is -1.88. The topological polar surface area (TPSA) is 66.5 Å². The van der Waals surface area contributed by atoms with Gasteiger partial charge in [0.15, 0.2) is 0 Å². The van der Waals surface area contributed by atoms with Crippen molar-refractivity contribution in [2.45, 2.75) is 38.1 Å². The lowest BCUT2D eigenvalue weighted by Crippen LogP contribution is -2.37. The molecule has 1 saturated heterocycles. The minimum Gasteiger partial charge on any atom is -0.356 e. The Morgan fingerprint density at radius 2 is 2.09 bits per heavy atom. The SMILES string of the molecule is O=C[C@@H]1CCCN1C(=O)CCC(=O)NCCc1ccccc1Cl. The average molecular weight is 337 g/mol. The number of nitrogens with zero attached hydrogens (tertiary/aromatic N) is 1. The van der Waals surface area contributed by atoms with E-state index >= 15 is 0 Å². The van der Waals surface area contributed by atoms with E-state index in [2.05, 4.69) is 5.32 Å². The van der Waals surface area contributed by atoms with E-state index in [9.17, 15) is 14.4 Å². The number of carbonyl (C=O) groups is 3. The standard InChI is InChI=1S/C17H21ClN2O3/c18-15-6-2-1-4-13(15)9-10-19-16(22)7-8-17(23)20-11-3-5-14(20)12-21/h1-2,4,6,12,14H,3,5,7-11H2,(H,19,22)/t14-/m0/s1. The van der Waals surface area contributed by atoms with Crippen LogP contribution in [0.3, 0.4) is 0 Å². The zero-order valence-corrected chi connectivity index (χ0v) is 13.7. The molecule has 1 heterocycles. The smallest absolute Gasteiger partial charge is 0.223 e. The normalized spacial score (nSPS) is 17.1. The van der Waals surface area contributed by atoms with E-state index in [0.29, 0.717) is 24.5 Å². The Bertz CT molecular complexity index is 577. The van der Waals surface area contributed by atoms with Crippen LogP contribution in [0.25, 0.3) is 0 Å². The summed E-state index contributed by atoms with van der Waals surface area (Å²) in [6.45, 7) is 1.09. The number of hydrogen-bond donors (Lipinski definition) is 1. The lowest BCUT2D eigenvalue weighted by molar-refractivity contribution is -0.136. The molecule has 0 unspecified atom stereocenters. The van der Waals surface area contributed by atoms with E-state index in [1.165, 1.54) is 0 Å². The van der Waals surface area contributed by atoms with Crippen LogP contribution in [0.2, 0.25) is 5.02 Å². The van der Waals surface area contributed by atoms with Gasteiger partial charge in [-0.15, -0.1) is 0 Å². The van der Waals surface area contributed by atoms with Gasteiger partial charge in [0.2, 0.25) is 11.8 Å². The molecule has 2 rings (SSSR count). The highest BCUT2D eigenvalue weighted by atomic mass is 35.5. The molecule has 0 spiro atoms. The van der Waals surface area contributed by atoms with Gasteiger partial charge in [0, 0.05) is 31.0 Å². The van der Waals surface area contributed by atoms with Crippen molar-refractivity contribution in [1.29, 1.82) is 0 Å². The number of nitrogens with one attached hydrogen (secondary N) is 1. The number of likely N-dealkylation sites (tertiary alicyclic amines) is 1. The molecule has 0 aromatic heterocycles. The second kappa shape index (κ2) is 8.67. The van der Waals surface area contributed by atoms with Gasteiger partial charge < -0.3 is 15.0 Å². The fraction of sp³-hybridized carbons (Fsp3) is 0.471. The van der Waals surface area contributed by atoms with Gasteiger partial charge in [-0.25, -0.2) is 0 Å². The minimum atomic E-state index is -0.314. The third-order valence-corrected chi connectivity index (χ3v) is 4.39. The second-order valence-corrected chi connectivity index (χ2v) is 6.03. The quantitative estimate of drug-likeness (QED) is 0.774. The van der Waals surface area contributed by atoms with Gasteiger partial charge >= 0.3 is 0 Å². The average Bonchev–Trinajstić information content (AvgIpc) is 3.03. The van der Waals surface area contributed by atoms with Crippen molar-refractivity contribution in [3.63, 3.8) is 0 Å². The molecule has 1 aliphatic rings. The fourth-order valence-electron chi connectivity index (χ4n) is 2.73. The van der Waals surface area contributed by atoms with E-state index in [0.717, 1.165) is 24.7 Å². The van der Waals surface area contributed by atoms with Crippen LogP contribution in [0.5, 0.6) is 0 Å². The Kier molecular flexibility index (Phi) is 6.59. The Balaban J connectivity index is 1.68. The lowest BCUT2D eigenvalue weighted by Gasteiger charge is -2.20. The molecule has 1 fully saturated rings. The second-order valence-electron chi connectivity index (χ2n) is 5.62. The minimum absolute atomic E-state index is 0.124. The first kappa shape index (κ1) is 17.5.